The topological polar surface area (TPSA) is 106 Å². The van der Waals surface area contributed by atoms with Crippen LogP contribution < -0.4 is 25.6 Å². The van der Waals surface area contributed by atoms with Crippen LogP contribution in [0.3, 0.4) is 0 Å². The Morgan fingerprint density at radius 3 is 2.18 bits per heavy atom. The minimum atomic E-state index is -0.591. The van der Waals surface area contributed by atoms with E-state index in [2.05, 4.69) is 10.4 Å². The highest BCUT2D eigenvalue weighted by Gasteiger charge is 2.35. The standard InChI is InChI=1S/C25H22N4O4/c1-32-21-14-18(24(30)28-26)20(15-22(21)33-2)29-23(17-11-7-4-8-12-17)27-19(25(29)31)13-16-9-5-3-6-10-16/h3-15H,26H2,1-2H3,(H,28,30)/b19-13-. The molecule has 3 aromatic carbocycles. The van der Waals surface area contributed by atoms with E-state index in [1.165, 1.54) is 25.2 Å². The molecule has 0 atom stereocenters. The number of methoxy groups -OCH3 is 2. The van der Waals surface area contributed by atoms with Gasteiger partial charge in [-0.05, 0) is 17.7 Å². The third kappa shape index (κ3) is 4.19. The van der Waals surface area contributed by atoms with Gasteiger partial charge in [0, 0.05) is 11.6 Å². The molecular formula is C25H22N4O4. The zero-order chi connectivity index (χ0) is 23.4. The molecule has 4 rings (SSSR count). The lowest BCUT2D eigenvalue weighted by Crippen LogP contribution is -2.36. The normalized spacial score (nSPS) is 14.3. The fourth-order valence-electron chi connectivity index (χ4n) is 3.54. The molecule has 0 saturated carbocycles. The van der Waals surface area contributed by atoms with Gasteiger partial charge < -0.3 is 9.47 Å². The van der Waals surface area contributed by atoms with Crippen molar-refractivity contribution < 1.29 is 19.1 Å². The number of carbonyl (C=O) groups excluding carboxylic acids is 2. The summed E-state index contributed by atoms with van der Waals surface area (Å²) in [4.78, 5) is 32.3. The highest BCUT2D eigenvalue weighted by Crippen LogP contribution is 2.38. The van der Waals surface area contributed by atoms with E-state index in [1.807, 2.05) is 60.7 Å². The van der Waals surface area contributed by atoms with E-state index >= 15 is 0 Å². The predicted molar refractivity (Wildman–Crippen MR) is 126 cm³/mol. The van der Waals surface area contributed by atoms with E-state index in [0.29, 0.717) is 22.9 Å². The Bertz CT molecular complexity index is 1250. The summed E-state index contributed by atoms with van der Waals surface area (Å²) >= 11 is 0. The lowest BCUT2D eigenvalue weighted by molar-refractivity contribution is -0.113. The van der Waals surface area contributed by atoms with Crippen molar-refractivity contribution in [3.8, 4) is 11.5 Å². The van der Waals surface area contributed by atoms with E-state index < -0.39 is 11.8 Å². The Morgan fingerprint density at radius 1 is 0.970 bits per heavy atom. The fraction of sp³-hybridized carbons (Fsp3) is 0.0800. The lowest BCUT2D eigenvalue weighted by atomic mass is 10.1. The summed E-state index contributed by atoms with van der Waals surface area (Å²) in [5.41, 5.74) is 4.28. The van der Waals surface area contributed by atoms with E-state index in [4.69, 9.17) is 15.3 Å². The molecule has 33 heavy (non-hydrogen) atoms. The Kier molecular flexibility index (Phi) is 6.19. The van der Waals surface area contributed by atoms with Crippen molar-refractivity contribution in [2.75, 3.05) is 19.1 Å². The Morgan fingerprint density at radius 2 is 1.58 bits per heavy atom. The molecule has 0 fully saturated rings. The van der Waals surface area contributed by atoms with Gasteiger partial charge in [0.2, 0.25) is 0 Å². The Hall–Kier alpha value is -4.43. The smallest absolute Gasteiger partial charge is 0.282 e. The van der Waals surface area contributed by atoms with E-state index in [-0.39, 0.29) is 16.9 Å². The van der Waals surface area contributed by atoms with Crippen molar-refractivity contribution in [1.29, 1.82) is 0 Å². The summed E-state index contributed by atoms with van der Waals surface area (Å²) < 4.78 is 10.8. The molecule has 1 heterocycles. The molecule has 1 aliphatic heterocycles. The van der Waals surface area contributed by atoms with Gasteiger partial charge in [-0.25, -0.2) is 10.8 Å². The first-order valence-electron chi connectivity index (χ1n) is 10.1. The van der Waals surface area contributed by atoms with Crippen LogP contribution in [-0.4, -0.2) is 31.9 Å². The summed E-state index contributed by atoms with van der Waals surface area (Å²) in [7, 11) is 2.93. The molecule has 8 nitrogen and oxygen atoms in total. The fourth-order valence-corrected chi connectivity index (χ4v) is 3.54. The number of nitrogens with one attached hydrogen (secondary N) is 1. The first-order chi connectivity index (χ1) is 16.1. The third-order valence-corrected chi connectivity index (χ3v) is 5.11. The number of hydrogen-bond donors (Lipinski definition) is 2. The Labute approximate surface area is 190 Å². The number of nitrogens with two attached hydrogens (primary N) is 1. The number of carbonyl (C=O) groups is 2. The van der Waals surface area contributed by atoms with E-state index in [1.54, 1.807) is 12.1 Å². The van der Waals surface area contributed by atoms with Crippen molar-refractivity contribution >= 4 is 29.4 Å². The number of amides is 2. The van der Waals surface area contributed by atoms with Crippen molar-refractivity contribution in [3.63, 3.8) is 0 Å². The maximum Gasteiger partial charge on any atom is 0.282 e. The predicted octanol–water partition coefficient (Wildman–Crippen LogP) is 3.14. The molecular weight excluding hydrogens is 420 g/mol. The van der Waals surface area contributed by atoms with Gasteiger partial charge in [-0.1, -0.05) is 60.7 Å². The zero-order valence-corrected chi connectivity index (χ0v) is 18.1. The van der Waals surface area contributed by atoms with Crippen LogP contribution in [0.15, 0.2) is 83.5 Å². The van der Waals surface area contributed by atoms with Crippen LogP contribution in [0.1, 0.15) is 21.5 Å². The zero-order valence-electron chi connectivity index (χ0n) is 18.1. The number of anilines is 1. The largest absolute Gasteiger partial charge is 0.493 e. The summed E-state index contributed by atoms with van der Waals surface area (Å²) in [6.45, 7) is 0. The number of nitrogen functional groups attached to an aromatic ring is 1. The molecule has 166 valence electrons. The quantitative estimate of drug-likeness (QED) is 0.264. The first kappa shape index (κ1) is 21.8. The minimum Gasteiger partial charge on any atom is -0.493 e. The number of amidine groups is 1. The Balaban J connectivity index is 1.93. The lowest BCUT2D eigenvalue weighted by Gasteiger charge is -2.23. The van der Waals surface area contributed by atoms with Crippen molar-refractivity contribution in [3.05, 3.63) is 95.2 Å². The maximum absolute atomic E-state index is 13.6. The molecule has 3 N–H and O–H groups in total. The van der Waals surface area contributed by atoms with Gasteiger partial charge in [0.1, 0.15) is 11.5 Å². The number of rotatable bonds is 6. The highest BCUT2D eigenvalue weighted by molar-refractivity contribution is 6.34. The third-order valence-electron chi connectivity index (χ3n) is 5.11. The molecule has 8 heteroatoms. The number of hydrazine groups is 1. The van der Waals surface area contributed by atoms with Gasteiger partial charge in [0.25, 0.3) is 11.8 Å². The monoisotopic (exact) mass is 442 g/mol. The van der Waals surface area contributed by atoms with Crippen molar-refractivity contribution in [1.82, 2.24) is 5.43 Å². The average molecular weight is 442 g/mol. The molecule has 0 spiro atoms. The summed E-state index contributed by atoms with van der Waals surface area (Å²) in [6, 6.07) is 21.7. The second-order valence-electron chi connectivity index (χ2n) is 7.08. The second-order valence-corrected chi connectivity index (χ2v) is 7.08. The van der Waals surface area contributed by atoms with Crippen LogP contribution in [0.25, 0.3) is 6.08 Å². The second kappa shape index (κ2) is 9.37. The van der Waals surface area contributed by atoms with Crippen LogP contribution in [0.4, 0.5) is 5.69 Å². The number of ether oxygens (including phenoxy) is 2. The average Bonchev–Trinajstić information content (AvgIpc) is 3.19. The van der Waals surface area contributed by atoms with Gasteiger partial charge in [-0.3, -0.25) is 19.9 Å². The number of nitrogens with zero attached hydrogens (tertiary/aromatic N) is 2. The van der Waals surface area contributed by atoms with Crippen LogP contribution in [-0.2, 0) is 4.79 Å². The number of hydrogen-bond acceptors (Lipinski definition) is 6. The SMILES string of the molecule is COc1cc(C(=O)NN)c(N2C(=O)/C(=C/c3ccccc3)N=C2c2ccccc2)cc1OC. The van der Waals surface area contributed by atoms with Crippen molar-refractivity contribution in [2.24, 2.45) is 10.8 Å². The van der Waals surface area contributed by atoms with Crippen LogP contribution in [0.5, 0.6) is 11.5 Å². The van der Waals surface area contributed by atoms with E-state index in [0.717, 1.165) is 5.56 Å². The van der Waals surface area contributed by atoms with Gasteiger partial charge in [0.15, 0.2) is 11.5 Å². The highest BCUT2D eigenvalue weighted by atomic mass is 16.5. The molecule has 3 aromatic rings. The van der Waals surface area contributed by atoms with Gasteiger partial charge in [0.05, 0.1) is 25.5 Å². The summed E-state index contributed by atoms with van der Waals surface area (Å²) in [5.74, 6) is 5.49. The minimum absolute atomic E-state index is 0.132. The molecule has 0 saturated heterocycles. The number of aliphatic imine (C=N–C) groups is 1. The molecule has 0 bridgehead atoms. The van der Waals surface area contributed by atoms with Crippen LogP contribution in [0.2, 0.25) is 0 Å². The molecule has 2 amide bonds. The van der Waals surface area contributed by atoms with Crippen LogP contribution in [0, 0.1) is 0 Å². The molecule has 0 aromatic heterocycles. The molecule has 0 aliphatic carbocycles. The molecule has 0 radical (unpaired) electrons. The van der Waals surface area contributed by atoms with Gasteiger partial charge in [-0.15, -0.1) is 0 Å². The number of benzene rings is 3. The van der Waals surface area contributed by atoms with Gasteiger partial charge in [-0.2, -0.15) is 0 Å². The van der Waals surface area contributed by atoms with Crippen LogP contribution >= 0.6 is 0 Å². The molecule has 0 unspecified atom stereocenters. The summed E-state index contributed by atoms with van der Waals surface area (Å²) in [5, 5.41) is 0. The van der Waals surface area contributed by atoms with Gasteiger partial charge >= 0.3 is 0 Å². The maximum atomic E-state index is 13.6. The first-order valence-corrected chi connectivity index (χ1v) is 10.1. The van der Waals surface area contributed by atoms with E-state index in [9.17, 15) is 9.59 Å². The summed E-state index contributed by atoms with van der Waals surface area (Å²) in [6.07, 6.45) is 1.70. The van der Waals surface area contributed by atoms with Crippen molar-refractivity contribution in [2.45, 2.75) is 0 Å². The molecule has 1 aliphatic rings.